The lowest BCUT2D eigenvalue weighted by atomic mass is 9.60. The van der Waals surface area contributed by atoms with Crippen LogP contribution in [0.25, 0.3) is 0 Å². The van der Waals surface area contributed by atoms with Gasteiger partial charge in [-0.15, -0.1) is 0 Å². The van der Waals surface area contributed by atoms with E-state index in [0.717, 1.165) is 6.42 Å². The van der Waals surface area contributed by atoms with Gasteiger partial charge in [-0.05, 0) is 24.5 Å². The van der Waals surface area contributed by atoms with Crippen molar-refractivity contribution in [3.8, 4) is 0 Å². The van der Waals surface area contributed by atoms with E-state index in [1.165, 1.54) is 0 Å². The zero-order valence-corrected chi connectivity index (χ0v) is 10.6. The second-order valence-electron chi connectivity index (χ2n) is 5.19. The Morgan fingerprint density at radius 1 is 1.28 bits per heavy atom. The molecule has 5 heteroatoms. The van der Waals surface area contributed by atoms with E-state index in [9.17, 15) is 18.3 Å². The second-order valence-corrected chi connectivity index (χ2v) is 7.19. The SMILES string of the molecule is O=C(O)C1(C2CS(=O)(=O)c3ccccc32)CCC1. The molecule has 1 atom stereocenters. The van der Waals surface area contributed by atoms with E-state index < -0.39 is 21.2 Å². The first kappa shape index (κ1) is 11.7. The van der Waals surface area contributed by atoms with Gasteiger partial charge < -0.3 is 5.11 Å². The molecular formula is C13H14O4S. The maximum Gasteiger partial charge on any atom is 0.310 e. The van der Waals surface area contributed by atoms with Gasteiger partial charge in [0.15, 0.2) is 9.84 Å². The minimum absolute atomic E-state index is 0.0569. The lowest BCUT2D eigenvalue weighted by molar-refractivity contribution is -0.156. The number of rotatable bonds is 2. The van der Waals surface area contributed by atoms with E-state index >= 15 is 0 Å². The molecule has 1 aliphatic heterocycles. The lowest BCUT2D eigenvalue weighted by Gasteiger charge is -2.42. The number of carboxylic acid groups (broad SMARTS) is 1. The van der Waals surface area contributed by atoms with Crippen LogP contribution in [0.1, 0.15) is 30.7 Å². The predicted molar refractivity (Wildman–Crippen MR) is 65.2 cm³/mol. The first-order chi connectivity index (χ1) is 8.47. The smallest absolute Gasteiger partial charge is 0.310 e. The molecule has 1 heterocycles. The summed E-state index contributed by atoms with van der Waals surface area (Å²) in [5, 5.41) is 9.45. The summed E-state index contributed by atoms with van der Waals surface area (Å²) in [7, 11) is -3.31. The van der Waals surface area contributed by atoms with Crippen LogP contribution in [0.2, 0.25) is 0 Å². The number of aliphatic carboxylic acids is 1. The summed E-state index contributed by atoms with van der Waals surface area (Å²) in [6.07, 6.45) is 2.03. The molecule has 1 aromatic carbocycles. The van der Waals surface area contributed by atoms with E-state index in [-0.39, 0.29) is 11.7 Å². The quantitative estimate of drug-likeness (QED) is 0.886. The number of carbonyl (C=O) groups is 1. The maximum absolute atomic E-state index is 12.1. The molecule has 96 valence electrons. The van der Waals surface area contributed by atoms with Crippen molar-refractivity contribution in [2.75, 3.05) is 5.75 Å². The highest BCUT2D eigenvalue weighted by Gasteiger charge is 2.55. The van der Waals surface area contributed by atoms with E-state index in [2.05, 4.69) is 0 Å². The highest BCUT2D eigenvalue weighted by molar-refractivity contribution is 7.91. The summed E-state index contributed by atoms with van der Waals surface area (Å²) in [4.78, 5) is 11.8. The Kier molecular flexibility index (Phi) is 2.32. The number of fused-ring (bicyclic) bond motifs is 1. The Morgan fingerprint density at radius 2 is 1.94 bits per heavy atom. The highest BCUT2D eigenvalue weighted by Crippen LogP contribution is 2.55. The van der Waals surface area contributed by atoms with Crippen LogP contribution in [-0.4, -0.2) is 25.2 Å². The number of sulfone groups is 1. The molecule has 1 fully saturated rings. The molecule has 2 aliphatic rings. The second kappa shape index (κ2) is 3.57. The van der Waals surface area contributed by atoms with Crippen molar-refractivity contribution >= 4 is 15.8 Å². The summed E-state index contributed by atoms with van der Waals surface area (Å²) in [5.41, 5.74) is -0.167. The molecule has 1 saturated carbocycles. The Balaban J connectivity index is 2.15. The Morgan fingerprint density at radius 3 is 2.50 bits per heavy atom. The van der Waals surface area contributed by atoms with Crippen LogP contribution in [0.4, 0.5) is 0 Å². The largest absolute Gasteiger partial charge is 0.481 e. The molecule has 1 aliphatic carbocycles. The van der Waals surface area contributed by atoms with Crippen molar-refractivity contribution in [1.29, 1.82) is 0 Å². The Bertz CT molecular complexity index is 614. The molecule has 0 saturated heterocycles. The third kappa shape index (κ3) is 1.37. The molecule has 0 aromatic heterocycles. The van der Waals surface area contributed by atoms with Crippen LogP contribution in [0, 0.1) is 5.41 Å². The zero-order chi connectivity index (χ0) is 13.0. The zero-order valence-electron chi connectivity index (χ0n) is 9.80. The monoisotopic (exact) mass is 266 g/mol. The van der Waals surface area contributed by atoms with Gasteiger partial charge in [0.25, 0.3) is 0 Å². The number of hydrogen-bond acceptors (Lipinski definition) is 3. The summed E-state index contributed by atoms with van der Waals surface area (Å²) < 4.78 is 24.2. The van der Waals surface area contributed by atoms with Gasteiger partial charge in [-0.1, -0.05) is 24.6 Å². The summed E-state index contributed by atoms with van der Waals surface area (Å²) in [6, 6.07) is 6.81. The average molecular weight is 266 g/mol. The molecule has 3 rings (SSSR count). The van der Waals surface area contributed by atoms with Gasteiger partial charge in [-0.2, -0.15) is 0 Å². The van der Waals surface area contributed by atoms with Crippen LogP contribution in [0.3, 0.4) is 0 Å². The van der Waals surface area contributed by atoms with Crippen LogP contribution in [0.5, 0.6) is 0 Å². The van der Waals surface area contributed by atoms with Crippen molar-refractivity contribution < 1.29 is 18.3 Å². The van der Waals surface area contributed by atoms with Crippen molar-refractivity contribution in [3.05, 3.63) is 29.8 Å². The molecule has 1 unspecified atom stereocenters. The third-order valence-corrected chi connectivity index (χ3v) is 6.17. The maximum atomic E-state index is 12.1. The third-order valence-electron chi connectivity index (χ3n) is 4.35. The topological polar surface area (TPSA) is 71.4 Å². The summed E-state index contributed by atoms with van der Waals surface area (Å²) >= 11 is 0. The normalized spacial score (nSPS) is 27.2. The number of benzene rings is 1. The van der Waals surface area contributed by atoms with Gasteiger partial charge >= 0.3 is 5.97 Å². The molecule has 4 nitrogen and oxygen atoms in total. The predicted octanol–water partition coefficient (Wildman–Crippen LogP) is 1.81. The van der Waals surface area contributed by atoms with Crippen molar-refractivity contribution in [3.63, 3.8) is 0 Å². The van der Waals surface area contributed by atoms with Crippen LogP contribution < -0.4 is 0 Å². The van der Waals surface area contributed by atoms with E-state index in [0.29, 0.717) is 23.3 Å². The first-order valence-electron chi connectivity index (χ1n) is 6.02. The highest BCUT2D eigenvalue weighted by atomic mass is 32.2. The Hall–Kier alpha value is -1.36. The molecule has 0 radical (unpaired) electrons. The minimum Gasteiger partial charge on any atom is -0.481 e. The number of hydrogen-bond donors (Lipinski definition) is 1. The van der Waals surface area contributed by atoms with Gasteiger partial charge in [0, 0.05) is 5.92 Å². The standard InChI is InChI=1S/C13H14O4S/c14-12(15)13(6-3-7-13)10-8-18(16,17)11-5-2-1-4-9(10)11/h1-2,4-5,10H,3,6-8H2,(H,14,15). The fourth-order valence-corrected chi connectivity index (χ4v) is 5.15. The van der Waals surface area contributed by atoms with Crippen LogP contribution in [0.15, 0.2) is 29.2 Å². The van der Waals surface area contributed by atoms with Crippen molar-refractivity contribution in [2.45, 2.75) is 30.1 Å². The Labute approximate surface area is 106 Å². The van der Waals surface area contributed by atoms with Crippen molar-refractivity contribution in [2.24, 2.45) is 5.41 Å². The van der Waals surface area contributed by atoms with Gasteiger partial charge in [-0.3, -0.25) is 4.79 Å². The van der Waals surface area contributed by atoms with Gasteiger partial charge in [0.2, 0.25) is 0 Å². The van der Waals surface area contributed by atoms with Crippen LogP contribution >= 0.6 is 0 Å². The fraction of sp³-hybridized carbons (Fsp3) is 0.462. The van der Waals surface area contributed by atoms with Crippen LogP contribution in [-0.2, 0) is 14.6 Å². The van der Waals surface area contributed by atoms with Gasteiger partial charge in [0.05, 0.1) is 16.1 Å². The summed E-state index contributed by atoms with van der Waals surface area (Å²) in [6.45, 7) is 0. The van der Waals surface area contributed by atoms with E-state index in [4.69, 9.17) is 0 Å². The molecule has 0 spiro atoms. The molecule has 0 amide bonds. The summed E-state index contributed by atoms with van der Waals surface area (Å²) in [5.74, 6) is -1.30. The molecular weight excluding hydrogens is 252 g/mol. The molecule has 1 aromatic rings. The van der Waals surface area contributed by atoms with Crippen molar-refractivity contribution in [1.82, 2.24) is 0 Å². The van der Waals surface area contributed by atoms with E-state index in [1.807, 2.05) is 0 Å². The van der Waals surface area contributed by atoms with Gasteiger partial charge in [-0.25, -0.2) is 8.42 Å². The first-order valence-corrected chi connectivity index (χ1v) is 7.68. The molecule has 1 N–H and O–H groups in total. The molecule has 18 heavy (non-hydrogen) atoms. The molecule has 0 bridgehead atoms. The number of carboxylic acids is 1. The fourth-order valence-electron chi connectivity index (χ4n) is 3.18. The van der Waals surface area contributed by atoms with E-state index in [1.54, 1.807) is 24.3 Å². The van der Waals surface area contributed by atoms with Gasteiger partial charge in [0.1, 0.15) is 0 Å². The minimum atomic E-state index is -3.31. The lowest BCUT2D eigenvalue weighted by Crippen LogP contribution is -2.44. The average Bonchev–Trinajstić information content (AvgIpc) is 2.50.